The van der Waals surface area contributed by atoms with Crippen molar-refractivity contribution in [2.24, 2.45) is 0 Å². The van der Waals surface area contributed by atoms with E-state index in [-0.39, 0.29) is 12.2 Å². The maximum Gasteiger partial charge on any atom is 0.120 e. The minimum Gasteiger partial charge on any atom is -0.491 e. The molecule has 0 saturated carbocycles. The van der Waals surface area contributed by atoms with Crippen LogP contribution in [0.5, 0.6) is 5.75 Å². The van der Waals surface area contributed by atoms with Crippen LogP contribution in [0.4, 0.5) is 0 Å². The predicted molar refractivity (Wildman–Crippen MR) is 76.6 cm³/mol. The predicted octanol–water partition coefficient (Wildman–Crippen LogP) is 2.60. The molecule has 0 amide bonds. The van der Waals surface area contributed by atoms with Crippen LogP contribution in [0.25, 0.3) is 10.8 Å². The third kappa shape index (κ3) is 3.06. The van der Waals surface area contributed by atoms with Crippen LogP contribution in [-0.2, 0) is 4.74 Å². The zero-order valence-corrected chi connectivity index (χ0v) is 11.1. The van der Waals surface area contributed by atoms with Gasteiger partial charge in [-0.15, -0.1) is 0 Å². The number of hydrogen-bond acceptors (Lipinski definition) is 3. The second-order valence-corrected chi connectivity index (χ2v) is 5.05. The first-order chi connectivity index (χ1) is 9.31. The maximum atomic E-state index is 5.84. The highest BCUT2D eigenvalue weighted by atomic mass is 16.5. The quantitative estimate of drug-likeness (QED) is 0.916. The highest BCUT2D eigenvalue weighted by Crippen LogP contribution is 2.21. The number of nitrogens with one attached hydrogen (secondary N) is 1. The van der Waals surface area contributed by atoms with E-state index in [4.69, 9.17) is 9.47 Å². The molecule has 1 saturated heterocycles. The Morgan fingerprint density at radius 2 is 2.00 bits per heavy atom. The standard InChI is InChI=1S/C16H19NO2/c1-12-9-17-10-16(19-12)11-18-15-7-6-13-4-2-3-5-14(13)8-15/h2-8,12,16-17H,9-11H2,1H3. The first kappa shape index (κ1) is 12.5. The molecule has 0 aliphatic carbocycles. The molecule has 1 heterocycles. The molecule has 0 aromatic heterocycles. The highest BCUT2D eigenvalue weighted by Gasteiger charge is 2.19. The summed E-state index contributed by atoms with van der Waals surface area (Å²) in [5, 5.41) is 5.79. The van der Waals surface area contributed by atoms with Crippen LogP contribution in [0.1, 0.15) is 6.92 Å². The molecule has 2 aromatic carbocycles. The van der Waals surface area contributed by atoms with Crippen LogP contribution < -0.4 is 10.1 Å². The molecule has 0 radical (unpaired) electrons. The number of fused-ring (bicyclic) bond motifs is 1. The van der Waals surface area contributed by atoms with Crippen LogP contribution >= 0.6 is 0 Å². The van der Waals surface area contributed by atoms with E-state index in [2.05, 4.69) is 36.5 Å². The van der Waals surface area contributed by atoms with Crippen molar-refractivity contribution < 1.29 is 9.47 Å². The molecule has 1 N–H and O–H groups in total. The molecule has 0 bridgehead atoms. The van der Waals surface area contributed by atoms with Gasteiger partial charge in [-0.1, -0.05) is 30.3 Å². The van der Waals surface area contributed by atoms with Gasteiger partial charge in [0.2, 0.25) is 0 Å². The Balaban J connectivity index is 1.64. The summed E-state index contributed by atoms with van der Waals surface area (Å²) < 4.78 is 11.6. The van der Waals surface area contributed by atoms with Crippen molar-refractivity contribution >= 4 is 10.8 Å². The second-order valence-electron chi connectivity index (χ2n) is 5.05. The van der Waals surface area contributed by atoms with E-state index in [1.54, 1.807) is 0 Å². The summed E-state index contributed by atoms with van der Waals surface area (Å²) in [7, 11) is 0. The Bertz CT molecular complexity index is 555. The molecule has 1 aliphatic rings. The third-order valence-corrected chi connectivity index (χ3v) is 3.39. The van der Waals surface area contributed by atoms with E-state index >= 15 is 0 Å². The molecule has 3 rings (SSSR count). The van der Waals surface area contributed by atoms with Gasteiger partial charge >= 0.3 is 0 Å². The zero-order valence-electron chi connectivity index (χ0n) is 11.1. The van der Waals surface area contributed by atoms with Gasteiger partial charge in [-0.2, -0.15) is 0 Å². The molecule has 100 valence electrons. The first-order valence-electron chi connectivity index (χ1n) is 6.79. The number of morpholine rings is 1. The van der Waals surface area contributed by atoms with Gasteiger partial charge in [0, 0.05) is 13.1 Å². The van der Waals surface area contributed by atoms with Crippen LogP contribution in [0, 0.1) is 0 Å². The number of ether oxygens (including phenoxy) is 2. The number of hydrogen-bond donors (Lipinski definition) is 1. The lowest BCUT2D eigenvalue weighted by Crippen LogP contribution is -2.45. The fourth-order valence-corrected chi connectivity index (χ4v) is 2.42. The van der Waals surface area contributed by atoms with Gasteiger partial charge in [0.05, 0.1) is 6.10 Å². The topological polar surface area (TPSA) is 30.5 Å². The van der Waals surface area contributed by atoms with E-state index in [0.717, 1.165) is 18.8 Å². The van der Waals surface area contributed by atoms with Crippen molar-refractivity contribution in [1.82, 2.24) is 5.32 Å². The fraction of sp³-hybridized carbons (Fsp3) is 0.375. The Morgan fingerprint density at radius 1 is 1.16 bits per heavy atom. The van der Waals surface area contributed by atoms with Gasteiger partial charge in [-0.3, -0.25) is 0 Å². The van der Waals surface area contributed by atoms with E-state index in [1.165, 1.54) is 10.8 Å². The Morgan fingerprint density at radius 3 is 2.84 bits per heavy atom. The smallest absolute Gasteiger partial charge is 0.120 e. The minimum atomic E-state index is 0.134. The summed E-state index contributed by atoms with van der Waals surface area (Å²) in [6.45, 7) is 4.45. The van der Waals surface area contributed by atoms with Gasteiger partial charge in [0.1, 0.15) is 18.5 Å². The normalized spacial score (nSPS) is 23.4. The van der Waals surface area contributed by atoms with Gasteiger partial charge < -0.3 is 14.8 Å². The molecular formula is C16H19NO2. The molecule has 2 atom stereocenters. The molecule has 1 fully saturated rings. The number of rotatable bonds is 3. The summed E-state index contributed by atoms with van der Waals surface area (Å²) in [4.78, 5) is 0. The summed E-state index contributed by atoms with van der Waals surface area (Å²) in [6.07, 6.45) is 0.397. The largest absolute Gasteiger partial charge is 0.491 e. The van der Waals surface area contributed by atoms with Gasteiger partial charge in [-0.25, -0.2) is 0 Å². The fourth-order valence-electron chi connectivity index (χ4n) is 2.42. The molecule has 2 unspecified atom stereocenters. The zero-order chi connectivity index (χ0) is 13.1. The molecule has 19 heavy (non-hydrogen) atoms. The summed E-state index contributed by atoms with van der Waals surface area (Å²) in [5.41, 5.74) is 0. The maximum absolute atomic E-state index is 5.84. The SMILES string of the molecule is CC1CNCC(COc2ccc3ccccc3c2)O1. The third-order valence-electron chi connectivity index (χ3n) is 3.39. The molecule has 0 spiro atoms. The minimum absolute atomic E-state index is 0.134. The van der Waals surface area contributed by atoms with Crippen molar-refractivity contribution in [3.8, 4) is 5.75 Å². The average molecular weight is 257 g/mol. The van der Waals surface area contributed by atoms with Crippen molar-refractivity contribution in [3.63, 3.8) is 0 Å². The molecule has 3 nitrogen and oxygen atoms in total. The highest BCUT2D eigenvalue weighted by molar-refractivity contribution is 5.83. The monoisotopic (exact) mass is 257 g/mol. The summed E-state index contributed by atoms with van der Waals surface area (Å²) in [6, 6.07) is 14.5. The Labute approximate surface area is 113 Å². The van der Waals surface area contributed by atoms with E-state index in [9.17, 15) is 0 Å². The number of benzene rings is 2. The van der Waals surface area contributed by atoms with Crippen molar-refractivity contribution in [2.45, 2.75) is 19.1 Å². The lowest BCUT2D eigenvalue weighted by molar-refractivity contribution is -0.0470. The van der Waals surface area contributed by atoms with Crippen LogP contribution in [0.2, 0.25) is 0 Å². The van der Waals surface area contributed by atoms with E-state index < -0.39 is 0 Å². The molecular weight excluding hydrogens is 238 g/mol. The Kier molecular flexibility index (Phi) is 3.67. The average Bonchev–Trinajstić information content (AvgIpc) is 2.45. The van der Waals surface area contributed by atoms with Crippen LogP contribution in [0.3, 0.4) is 0 Å². The first-order valence-corrected chi connectivity index (χ1v) is 6.79. The molecule has 3 heteroatoms. The van der Waals surface area contributed by atoms with E-state index in [1.807, 2.05) is 18.2 Å². The summed E-state index contributed by atoms with van der Waals surface area (Å²) in [5.74, 6) is 0.903. The van der Waals surface area contributed by atoms with Gasteiger partial charge in [-0.05, 0) is 29.8 Å². The van der Waals surface area contributed by atoms with Crippen molar-refractivity contribution in [3.05, 3.63) is 42.5 Å². The Hall–Kier alpha value is -1.58. The molecule has 1 aliphatic heterocycles. The lowest BCUT2D eigenvalue weighted by Gasteiger charge is -2.28. The van der Waals surface area contributed by atoms with Crippen LogP contribution in [-0.4, -0.2) is 31.9 Å². The van der Waals surface area contributed by atoms with Gasteiger partial charge in [0.25, 0.3) is 0 Å². The lowest BCUT2D eigenvalue weighted by atomic mass is 10.1. The second kappa shape index (κ2) is 5.59. The van der Waals surface area contributed by atoms with Crippen molar-refractivity contribution in [1.29, 1.82) is 0 Å². The van der Waals surface area contributed by atoms with Crippen molar-refractivity contribution in [2.75, 3.05) is 19.7 Å². The van der Waals surface area contributed by atoms with E-state index in [0.29, 0.717) is 6.61 Å². The van der Waals surface area contributed by atoms with Crippen LogP contribution in [0.15, 0.2) is 42.5 Å². The summed E-state index contributed by atoms with van der Waals surface area (Å²) >= 11 is 0. The van der Waals surface area contributed by atoms with Gasteiger partial charge in [0.15, 0.2) is 0 Å². The molecule has 2 aromatic rings.